The van der Waals surface area contributed by atoms with Gasteiger partial charge >= 0.3 is 0 Å². The lowest BCUT2D eigenvalue weighted by atomic mass is 10.1. The first-order chi connectivity index (χ1) is 16.1. The zero-order valence-corrected chi connectivity index (χ0v) is 18.7. The van der Waals surface area contributed by atoms with E-state index in [1.807, 2.05) is 97.9 Å². The molecule has 0 spiro atoms. The number of nitrogens with one attached hydrogen (secondary N) is 1. The molecule has 1 aromatic heterocycles. The van der Waals surface area contributed by atoms with Crippen LogP contribution < -0.4 is 10.1 Å². The molecule has 0 bridgehead atoms. The normalized spacial score (nSPS) is 10.8. The summed E-state index contributed by atoms with van der Waals surface area (Å²) in [6.45, 7) is 2.02. The van der Waals surface area contributed by atoms with Crippen LogP contribution in [0, 0.1) is 6.92 Å². The summed E-state index contributed by atoms with van der Waals surface area (Å²) in [6, 6.07) is 25.5. The van der Waals surface area contributed by atoms with Gasteiger partial charge in [0.2, 0.25) is 5.91 Å². The minimum Gasteiger partial charge on any atom is -0.497 e. The standard InChI is InChI=1S/C28H25N3O2/c1-20-8-10-22(11-9-20)18-27(32)31-28-25(17-12-21-6-4-3-5-7-21)30-26(19-29-28)23-13-15-24(33-2)16-14-23/h3-17,19H,18H2,1-2H3,(H,29,31,32)/b17-12+. The Labute approximate surface area is 193 Å². The number of ether oxygens (including phenoxy) is 1. The van der Waals surface area contributed by atoms with Crippen molar-refractivity contribution in [2.24, 2.45) is 0 Å². The number of nitrogens with zero attached hydrogens (tertiary/aromatic N) is 2. The topological polar surface area (TPSA) is 64.1 Å². The van der Waals surface area contributed by atoms with Crippen LogP contribution in [0.25, 0.3) is 23.4 Å². The molecular formula is C28H25N3O2. The molecule has 0 radical (unpaired) electrons. The first-order valence-corrected chi connectivity index (χ1v) is 10.7. The Morgan fingerprint density at radius 3 is 2.36 bits per heavy atom. The van der Waals surface area contributed by atoms with Crippen LogP contribution in [0.2, 0.25) is 0 Å². The van der Waals surface area contributed by atoms with Crippen LogP contribution in [0.3, 0.4) is 0 Å². The first kappa shape index (κ1) is 22.0. The number of hydrogen-bond acceptors (Lipinski definition) is 4. The highest BCUT2D eigenvalue weighted by Gasteiger charge is 2.11. The molecule has 1 N–H and O–H groups in total. The fourth-order valence-electron chi connectivity index (χ4n) is 3.32. The maximum absolute atomic E-state index is 12.7. The Morgan fingerprint density at radius 2 is 1.67 bits per heavy atom. The van der Waals surface area contributed by atoms with Gasteiger partial charge in [-0.05, 0) is 48.4 Å². The van der Waals surface area contributed by atoms with Gasteiger partial charge < -0.3 is 10.1 Å². The quantitative estimate of drug-likeness (QED) is 0.398. The van der Waals surface area contributed by atoms with Crippen molar-refractivity contribution in [3.63, 3.8) is 0 Å². The number of carbonyl (C=O) groups is 1. The average molecular weight is 436 g/mol. The van der Waals surface area contributed by atoms with Crippen LogP contribution in [0.1, 0.15) is 22.4 Å². The van der Waals surface area contributed by atoms with Crippen molar-refractivity contribution in [2.45, 2.75) is 13.3 Å². The predicted molar refractivity (Wildman–Crippen MR) is 133 cm³/mol. The molecule has 5 nitrogen and oxygen atoms in total. The summed E-state index contributed by atoms with van der Waals surface area (Å²) in [4.78, 5) is 22.0. The van der Waals surface area contributed by atoms with Crippen LogP contribution in [0.5, 0.6) is 5.75 Å². The van der Waals surface area contributed by atoms with Crippen molar-refractivity contribution >= 4 is 23.9 Å². The lowest BCUT2D eigenvalue weighted by Gasteiger charge is -2.10. The van der Waals surface area contributed by atoms with Crippen molar-refractivity contribution in [2.75, 3.05) is 12.4 Å². The summed E-state index contributed by atoms with van der Waals surface area (Å²) < 4.78 is 5.24. The number of methoxy groups -OCH3 is 1. The summed E-state index contributed by atoms with van der Waals surface area (Å²) in [6.07, 6.45) is 5.77. The molecule has 0 aliphatic carbocycles. The number of aryl methyl sites for hydroxylation is 1. The van der Waals surface area contributed by atoms with Gasteiger partial charge in [-0.25, -0.2) is 9.97 Å². The highest BCUT2D eigenvalue weighted by molar-refractivity contribution is 5.93. The van der Waals surface area contributed by atoms with E-state index in [9.17, 15) is 4.79 Å². The fourth-order valence-corrected chi connectivity index (χ4v) is 3.32. The largest absolute Gasteiger partial charge is 0.497 e. The highest BCUT2D eigenvalue weighted by Crippen LogP contribution is 2.23. The molecule has 5 heteroatoms. The van der Waals surface area contributed by atoms with Crippen molar-refractivity contribution in [1.29, 1.82) is 0 Å². The molecule has 0 atom stereocenters. The molecule has 0 fully saturated rings. The molecule has 1 heterocycles. The van der Waals surface area contributed by atoms with Crippen LogP contribution in [-0.4, -0.2) is 23.0 Å². The second-order valence-electron chi connectivity index (χ2n) is 7.67. The predicted octanol–water partition coefficient (Wildman–Crippen LogP) is 5.81. The summed E-state index contributed by atoms with van der Waals surface area (Å²) >= 11 is 0. The summed E-state index contributed by atoms with van der Waals surface area (Å²) in [5.41, 5.74) is 5.35. The van der Waals surface area contributed by atoms with Crippen molar-refractivity contribution in [1.82, 2.24) is 9.97 Å². The first-order valence-electron chi connectivity index (χ1n) is 10.7. The van der Waals surface area contributed by atoms with Gasteiger partial charge in [-0.3, -0.25) is 4.79 Å². The number of hydrogen-bond donors (Lipinski definition) is 1. The van der Waals surface area contributed by atoms with E-state index >= 15 is 0 Å². The Hall–Kier alpha value is -4.25. The van der Waals surface area contributed by atoms with E-state index in [2.05, 4.69) is 10.3 Å². The second-order valence-corrected chi connectivity index (χ2v) is 7.67. The minimum absolute atomic E-state index is 0.139. The Bertz CT molecular complexity index is 1250. The van der Waals surface area contributed by atoms with Gasteiger partial charge in [0.1, 0.15) is 11.4 Å². The van der Waals surface area contributed by atoms with Gasteiger partial charge in [-0.15, -0.1) is 0 Å². The molecule has 33 heavy (non-hydrogen) atoms. The van der Waals surface area contributed by atoms with E-state index in [1.165, 1.54) is 0 Å². The molecule has 0 unspecified atom stereocenters. The number of anilines is 1. The van der Waals surface area contributed by atoms with Crippen LogP contribution in [0.15, 0.2) is 85.1 Å². The van der Waals surface area contributed by atoms with Gasteiger partial charge in [0.05, 0.1) is 25.4 Å². The van der Waals surface area contributed by atoms with Crippen molar-refractivity contribution in [3.05, 3.63) is 107 Å². The third-order valence-corrected chi connectivity index (χ3v) is 5.16. The van der Waals surface area contributed by atoms with Crippen molar-refractivity contribution in [3.8, 4) is 17.0 Å². The summed E-state index contributed by atoms with van der Waals surface area (Å²) in [5.74, 6) is 1.06. The molecular weight excluding hydrogens is 410 g/mol. The Kier molecular flexibility index (Phi) is 6.90. The Morgan fingerprint density at radius 1 is 0.939 bits per heavy atom. The van der Waals surface area contributed by atoms with E-state index in [1.54, 1.807) is 13.3 Å². The molecule has 1 amide bonds. The van der Waals surface area contributed by atoms with E-state index in [0.29, 0.717) is 17.2 Å². The zero-order valence-electron chi connectivity index (χ0n) is 18.7. The summed E-state index contributed by atoms with van der Waals surface area (Å²) in [5, 5.41) is 2.92. The maximum Gasteiger partial charge on any atom is 0.230 e. The lowest BCUT2D eigenvalue weighted by molar-refractivity contribution is -0.115. The van der Waals surface area contributed by atoms with Gasteiger partial charge in [-0.1, -0.05) is 66.2 Å². The molecule has 0 saturated heterocycles. The molecule has 0 aliphatic heterocycles. The minimum atomic E-state index is -0.139. The van der Waals surface area contributed by atoms with E-state index < -0.39 is 0 Å². The number of benzene rings is 3. The monoisotopic (exact) mass is 435 g/mol. The average Bonchev–Trinajstić information content (AvgIpc) is 2.85. The number of amides is 1. The number of carbonyl (C=O) groups excluding carboxylic acids is 1. The third-order valence-electron chi connectivity index (χ3n) is 5.16. The molecule has 4 aromatic rings. The number of rotatable bonds is 7. The van der Waals surface area contributed by atoms with E-state index in [0.717, 1.165) is 28.0 Å². The van der Waals surface area contributed by atoms with Gasteiger partial charge in [0.25, 0.3) is 0 Å². The van der Waals surface area contributed by atoms with E-state index in [4.69, 9.17) is 9.72 Å². The van der Waals surface area contributed by atoms with Crippen LogP contribution in [0.4, 0.5) is 5.82 Å². The molecule has 4 rings (SSSR count). The van der Waals surface area contributed by atoms with Crippen LogP contribution in [-0.2, 0) is 11.2 Å². The summed E-state index contributed by atoms with van der Waals surface area (Å²) in [7, 11) is 1.63. The fraction of sp³-hybridized carbons (Fsp3) is 0.107. The second kappa shape index (κ2) is 10.4. The Balaban J connectivity index is 1.61. The number of aromatic nitrogens is 2. The third kappa shape index (κ3) is 5.92. The van der Waals surface area contributed by atoms with Gasteiger partial charge in [0, 0.05) is 5.56 Å². The molecule has 0 aliphatic rings. The molecule has 164 valence electrons. The highest BCUT2D eigenvalue weighted by atomic mass is 16.5. The lowest BCUT2D eigenvalue weighted by Crippen LogP contribution is -2.16. The SMILES string of the molecule is COc1ccc(-c2cnc(NC(=O)Cc3ccc(C)cc3)c(/C=C/c3ccccc3)n2)cc1. The molecule has 3 aromatic carbocycles. The van der Waals surface area contributed by atoms with Crippen molar-refractivity contribution < 1.29 is 9.53 Å². The van der Waals surface area contributed by atoms with Crippen LogP contribution >= 0.6 is 0 Å². The zero-order chi connectivity index (χ0) is 23.0. The van der Waals surface area contributed by atoms with Gasteiger partial charge in [-0.2, -0.15) is 0 Å². The van der Waals surface area contributed by atoms with E-state index in [-0.39, 0.29) is 12.3 Å². The smallest absolute Gasteiger partial charge is 0.230 e. The van der Waals surface area contributed by atoms with Gasteiger partial charge in [0.15, 0.2) is 5.82 Å². The maximum atomic E-state index is 12.7. The molecule has 0 saturated carbocycles.